The third-order valence-corrected chi connectivity index (χ3v) is 6.82. The van der Waals surface area contributed by atoms with Crippen LogP contribution in [0.1, 0.15) is 49.2 Å². The van der Waals surface area contributed by atoms with Crippen molar-refractivity contribution in [3.63, 3.8) is 0 Å². The SMILES string of the molecule is COC(=O)c1ccc(/C=C(/C)C(Oc2cccc3ccccc23)N(CCc2ccc(OC)cc2)C(=O)OC(C)(C)C)cc1. The molecule has 0 aliphatic heterocycles. The maximum atomic E-state index is 13.8. The minimum Gasteiger partial charge on any atom is -0.497 e. The van der Waals surface area contributed by atoms with Gasteiger partial charge in [0.25, 0.3) is 0 Å². The molecule has 0 aliphatic rings. The molecule has 0 spiro atoms. The molecule has 0 aromatic heterocycles. The highest BCUT2D eigenvalue weighted by Gasteiger charge is 2.31. The van der Waals surface area contributed by atoms with Gasteiger partial charge in [0.2, 0.25) is 0 Å². The molecule has 1 atom stereocenters. The van der Waals surface area contributed by atoms with Crippen molar-refractivity contribution in [2.24, 2.45) is 0 Å². The largest absolute Gasteiger partial charge is 0.497 e. The molecule has 0 aliphatic carbocycles. The maximum Gasteiger partial charge on any atom is 0.413 e. The van der Waals surface area contributed by atoms with Crippen LogP contribution in [0.4, 0.5) is 4.79 Å². The lowest BCUT2D eigenvalue weighted by molar-refractivity contribution is -0.00868. The zero-order valence-electron chi connectivity index (χ0n) is 25.6. The first-order chi connectivity index (χ1) is 20.6. The van der Waals surface area contributed by atoms with Crippen molar-refractivity contribution in [2.75, 3.05) is 20.8 Å². The van der Waals surface area contributed by atoms with Gasteiger partial charge in [0.05, 0.1) is 19.8 Å². The highest BCUT2D eigenvalue weighted by atomic mass is 16.6. The Hall–Kier alpha value is -4.78. The molecule has 43 heavy (non-hydrogen) atoms. The van der Waals surface area contributed by atoms with Crippen molar-refractivity contribution in [3.8, 4) is 11.5 Å². The fraction of sp³-hybridized carbons (Fsp3) is 0.278. The molecule has 0 N–H and O–H groups in total. The summed E-state index contributed by atoms with van der Waals surface area (Å²) < 4.78 is 22.8. The Balaban J connectivity index is 1.75. The minimum absolute atomic E-state index is 0.336. The summed E-state index contributed by atoms with van der Waals surface area (Å²) in [5, 5.41) is 1.96. The molecule has 0 bridgehead atoms. The molecule has 7 nitrogen and oxygen atoms in total. The number of carbonyl (C=O) groups is 2. The smallest absolute Gasteiger partial charge is 0.413 e. The maximum absolute atomic E-state index is 13.8. The van der Waals surface area contributed by atoms with Gasteiger partial charge in [0.15, 0.2) is 6.23 Å². The van der Waals surface area contributed by atoms with E-state index in [0.717, 1.165) is 33.2 Å². The topological polar surface area (TPSA) is 74.3 Å². The number of benzene rings is 4. The van der Waals surface area contributed by atoms with Crippen LogP contribution in [0, 0.1) is 0 Å². The summed E-state index contributed by atoms with van der Waals surface area (Å²) in [6, 6.07) is 28.7. The van der Waals surface area contributed by atoms with E-state index >= 15 is 0 Å². The van der Waals surface area contributed by atoms with Crippen molar-refractivity contribution in [1.29, 1.82) is 0 Å². The summed E-state index contributed by atoms with van der Waals surface area (Å²) in [4.78, 5) is 27.4. The predicted molar refractivity (Wildman–Crippen MR) is 169 cm³/mol. The first kappa shape index (κ1) is 31.2. The van der Waals surface area contributed by atoms with Crippen molar-refractivity contribution >= 4 is 28.9 Å². The lowest BCUT2D eigenvalue weighted by atomic mass is 10.1. The molecular weight excluding hydrogens is 542 g/mol. The monoisotopic (exact) mass is 581 g/mol. The van der Waals surface area contributed by atoms with E-state index in [1.807, 2.05) is 113 Å². The Labute approximate surface area is 253 Å². The predicted octanol–water partition coefficient (Wildman–Crippen LogP) is 7.92. The van der Waals surface area contributed by atoms with E-state index in [0.29, 0.717) is 24.3 Å². The van der Waals surface area contributed by atoms with E-state index in [2.05, 4.69) is 0 Å². The molecule has 1 amide bonds. The number of carbonyl (C=O) groups excluding carboxylic acids is 2. The van der Waals surface area contributed by atoms with Crippen LogP contribution in [-0.2, 0) is 15.9 Å². The Morgan fingerprint density at radius 2 is 1.53 bits per heavy atom. The van der Waals surface area contributed by atoms with E-state index in [1.165, 1.54) is 7.11 Å². The first-order valence-corrected chi connectivity index (χ1v) is 14.2. The fourth-order valence-electron chi connectivity index (χ4n) is 4.66. The van der Waals surface area contributed by atoms with Gasteiger partial charge in [-0.15, -0.1) is 0 Å². The second kappa shape index (κ2) is 13.9. The number of hydrogen-bond acceptors (Lipinski definition) is 6. The first-order valence-electron chi connectivity index (χ1n) is 14.2. The normalized spacial score (nSPS) is 12.4. The number of esters is 1. The van der Waals surface area contributed by atoms with Gasteiger partial charge in [0.1, 0.15) is 17.1 Å². The lowest BCUT2D eigenvalue weighted by Crippen LogP contribution is -2.47. The number of hydrogen-bond donors (Lipinski definition) is 0. The number of ether oxygens (including phenoxy) is 4. The van der Waals surface area contributed by atoms with Gasteiger partial charge in [0, 0.05) is 11.9 Å². The fourth-order valence-corrected chi connectivity index (χ4v) is 4.66. The lowest BCUT2D eigenvalue weighted by Gasteiger charge is -2.34. The molecule has 224 valence electrons. The standard InChI is InChI=1S/C36H39NO6/c1-25(24-27-14-18-29(19-15-27)34(38)41-6)33(42-32-13-9-11-28-10-7-8-12-31(28)32)37(35(39)43-36(2,3)4)23-22-26-16-20-30(40-5)21-17-26/h7-21,24,33H,22-23H2,1-6H3/b25-24-. The van der Waals surface area contributed by atoms with Crippen LogP contribution >= 0.6 is 0 Å². The number of methoxy groups -OCH3 is 2. The average molecular weight is 582 g/mol. The molecule has 0 fully saturated rings. The van der Waals surface area contributed by atoms with Crippen LogP contribution in [0.15, 0.2) is 96.6 Å². The minimum atomic E-state index is -0.792. The Bertz CT molecular complexity index is 1560. The van der Waals surface area contributed by atoms with Crippen molar-refractivity contribution in [1.82, 2.24) is 4.90 Å². The average Bonchev–Trinajstić information content (AvgIpc) is 3.00. The Kier molecular flexibility index (Phi) is 10.1. The van der Waals surface area contributed by atoms with Crippen molar-refractivity contribution < 1.29 is 28.5 Å². The molecular formula is C36H39NO6. The molecule has 1 unspecified atom stereocenters. The van der Waals surface area contributed by atoms with Gasteiger partial charge >= 0.3 is 12.1 Å². The van der Waals surface area contributed by atoms with Gasteiger partial charge < -0.3 is 18.9 Å². The molecule has 0 radical (unpaired) electrons. The van der Waals surface area contributed by atoms with E-state index in [1.54, 1.807) is 24.1 Å². The van der Waals surface area contributed by atoms with Crippen LogP contribution in [0.5, 0.6) is 11.5 Å². The summed E-state index contributed by atoms with van der Waals surface area (Å²) >= 11 is 0. The highest BCUT2D eigenvalue weighted by Crippen LogP contribution is 2.30. The van der Waals surface area contributed by atoms with Crippen LogP contribution in [0.2, 0.25) is 0 Å². The van der Waals surface area contributed by atoms with E-state index in [-0.39, 0.29) is 0 Å². The van der Waals surface area contributed by atoms with Gasteiger partial charge in [-0.05, 0) is 86.5 Å². The third kappa shape index (κ3) is 8.38. The Morgan fingerprint density at radius 3 is 2.19 bits per heavy atom. The van der Waals surface area contributed by atoms with Gasteiger partial charge in [-0.2, -0.15) is 0 Å². The van der Waals surface area contributed by atoms with Gasteiger partial charge in [-0.25, -0.2) is 9.59 Å². The van der Waals surface area contributed by atoms with Gasteiger partial charge in [-0.3, -0.25) is 4.90 Å². The molecule has 7 heteroatoms. The summed E-state index contributed by atoms with van der Waals surface area (Å²) in [5.41, 5.74) is 2.41. The summed E-state index contributed by atoms with van der Waals surface area (Å²) in [6.45, 7) is 7.80. The Morgan fingerprint density at radius 1 is 0.860 bits per heavy atom. The van der Waals surface area contributed by atoms with E-state index < -0.39 is 23.9 Å². The van der Waals surface area contributed by atoms with Crippen molar-refractivity contribution in [3.05, 3.63) is 113 Å². The summed E-state index contributed by atoms with van der Waals surface area (Å²) in [7, 11) is 2.99. The number of nitrogens with zero attached hydrogens (tertiary/aromatic N) is 1. The molecule has 0 heterocycles. The molecule has 0 saturated heterocycles. The summed E-state index contributed by atoms with van der Waals surface area (Å²) in [5.74, 6) is 1.01. The molecule has 4 aromatic rings. The third-order valence-electron chi connectivity index (χ3n) is 6.82. The highest BCUT2D eigenvalue weighted by molar-refractivity contribution is 5.89. The second-order valence-electron chi connectivity index (χ2n) is 11.2. The second-order valence-corrected chi connectivity index (χ2v) is 11.2. The van der Waals surface area contributed by atoms with Crippen LogP contribution in [0.25, 0.3) is 16.8 Å². The van der Waals surface area contributed by atoms with Crippen LogP contribution in [0.3, 0.4) is 0 Å². The molecule has 0 saturated carbocycles. The zero-order chi connectivity index (χ0) is 31.0. The molecule has 4 aromatic carbocycles. The van der Waals surface area contributed by atoms with E-state index in [4.69, 9.17) is 18.9 Å². The van der Waals surface area contributed by atoms with Crippen LogP contribution < -0.4 is 9.47 Å². The number of fused-ring (bicyclic) bond motifs is 1. The zero-order valence-corrected chi connectivity index (χ0v) is 25.6. The summed E-state index contributed by atoms with van der Waals surface area (Å²) in [6.07, 6.45) is 1.24. The van der Waals surface area contributed by atoms with E-state index in [9.17, 15) is 9.59 Å². The number of rotatable bonds is 10. The number of amides is 1. The van der Waals surface area contributed by atoms with Crippen molar-refractivity contribution in [2.45, 2.75) is 45.9 Å². The molecule has 4 rings (SSSR count). The van der Waals surface area contributed by atoms with Crippen LogP contribution in [-0.4, -0.2) is 49.6 Å². The quantitative estimate of drug-likeness (QED) is 0.140. The van der Waals surface area contributed by atoms with Gasteiger partial charge in [-0.1, -0.05) is 66.7 Å².